The van der Waals surface area contributed by atoms with Crippen molar-refractivity contribution >= 4 is 6.79 Å². The Morgan fingerprint density at radius 1 is 1.25 bits per heavy atom. The van der Waals surface area contributed by atoms with Crippen LogP contribution in [0.3, 0.4) is 0 Å². The van der Waals surface area contributed by atoms with Crippen LogP contribution >= 0.6 is 0 Å². The van der Waals surface area contributed by atoms with E-state index in [0.717, 1.165) is 0 Å². The van der Waals surface area contributed by atoms with Gasteiger partial charge in [-0.25, -0.2) is 0 Å². The van der Waals surface area contributed by atoms with Crippen molar-refractivity contribution in [2.45, 2.75) is 13.8 Å². The van der Waals surface area contributed by atoms with Crippen LogP contribution < -0.4 is 0 Å². The highest BCUT2D eigenvalue weighted by atomic mass is 16.1. The standard InChI is InChI=1S/C2H6.CHO/c2*1-2/h1-2H3;1H. The molecule has 0 N–H and O–H groups in total. The highest BCUT2D eigenvalue weighted by Crippen LogP contribution is 1.14. The fourth-order valence-corrected chi connectivity index (χ4v) is 0. The second-order valence-electron chi connectivity index (χ2n) is 0. The third-order valence-corrected chi connectivity index (χ3v) is 0. The molecule has 0 aliphatic carbocycles. The number of rotatable bonds is 0. The lowest BCUT2D eigenvalue weighted by atomic mass is 11.0. The Morgan fingerprint density at radius 3 is 1.25 bits per heavy atom. The molecule has 0 aromatic rings. The van der Waals surface area contributed by atoms with Gasteiger partial charge in [0.15, 0.2) is 6.79 Å². The van der Waals surface area contributed by atoms with E-state index in [0.29, 0.717) is 0 Å². The number of hydrogen-bond acceptors (Lipinski definition) is 1. The Morgan fingerprint density at radius 2 is 1.25 bits per heavy atom. The summed E-state index contributed by atoms with van der Waals surface area (Å²) in [6, 6.07) is 0. The van der Waals surface area contributed by atoms with Crippen molar-refractivity contribution in [3.63, 3.8) is 0 Å². The predicted octanol–water partition coefficient (Wildman–Crippen LogP) is 0.752. The maximum Gasteiger partial charge on any atom is 0.182 e. The van der Waals surface area contributed by atoms with E-state index < -0.39 is 0 Å². The van der Waals surface area contributed by atoms with E-state index in [1.54, 1.807) is 0 Å². The molecule has 0 saturated carbocycles. The van der Waals surface area contributed by atoms with Gasteiger partial charge in [-0.15, -0.1) is 0 Å². The Kier molecular flexibility index (Phi) is 160. The van der Waals surface area contributed by atoms with Crippen LogP contribution in [-0.4, -0.2) is 6.79 Å². The van der Waals surface area contributed by atoms with Gasteiger partial charge in [0.25, 0.3) is 0 Å². The number of carbonyl (C=O) groups excluding carboxylic acids is 1. The van der Waals surface area contributed by atoms with Crippen LogP contribution in [0.1, 0.15) is 13.8 Å². The van der Waals surface area contributed by atoms with Crippen LogP contribution in [0.25, 0.3) is 0 Å². The molecule has 0 bridgehead atoms. The van der Waals surface area contributed by atoms with Gasteiger partial charge in [-0.2, -0.15) is 0 Å². The Bertz CT molecular complexity index is 3.25. The van der Waals surface area contributed by atoms with Gasteiger partial charge in [0, 0.05) is 0 Å². The molecule has 0 atom stereocenters. The van der Waals surface area contributed by atoms with Gasteiger partial charge < -0.3 is 0 Å². The molecule has 0 aromatic carbocycles. The van der Waals surface area contributed by atoms with Crippen LogP contribution in [0.15, 0.2) is 0 Å². The highest BCUT2D eigenvalue weighted by Gasteiger charge is 0.932. The van der Waals surface area contributed by atoms with Crippen LogP contribution in [0.2, 0.25) is 0 Å². The predicted molar refractivity (Wildman–Crippen MR) is 18.1 cm³/mol. The molecule has 0 aliphatic heterocycles. The second kappa shape index (κ2) is 68.4. The first-order valence-electron chi connectivity index (χ1n) is 1.24. The summed E-state index contributed by atoms with van der Waals surface area (Å²) in [4.78, 5) is 7.75. The minimum absolute atomic E-state index is 2.00. The molecule has 1 radical (unpaired) electrons. The van der Waals surface area contributed by atoms with Crippen molar-refractivity contribution in [1.29, 1.82) is 0 Å². The minimum atomic E-state index is 2.00. The van der Waals surface area contributed by atoms with Crippen molar-refractivity contribution in [3.05, 3.63) is 0 Å². The maximum absolute atomic E-state index is 7.75. The van der Waals surface area contributed by atoms with Gasteiger partial charge in [-0.05, 0) is 0 Å². The van der Waals surface area contributed by atoms with Crippen LogP contribution in [-0.2, 0) is 4.79 Å². The van der Waals surface area contributed by atoms with Crippen LogP contribution in [0, 0.1) is 0 Å². The van der Waals surface area contributed by atoms with E-state index in [1.165, 1.54) is 0 Å². The normalized spacial score (nSPS) is 2.50. The first kappa shape index (κ1) is 9.38. The van der Waals surface area contributed by atoms with Gasteiger partial charge in [-0.1, -0.05) is 13.8 Å². The van der Waals surface area contributed by atoms with Gasteiger partial charge >= 0.3 is 0 Å². The average molecular weight is 59.1 g/mol. The van der Waals surface area contributed by atoms with E-state index >= 15 is 0 Å². The van der Waals surface area contributed by atoms with Crippen molar-refractivity contribution in [1.82, 2.24) is 0 Å². The summed E-state index contributed by atoms with van der Waals surface area (Å²) in [5.41, 5.74) is 0. The zero-order valence-electron chi connectivity index (χ0n) is 2.99. The molecule has 0 rings (SSSR count). The third-order valence-electron chi connectivity index (χ3n) is 0. The molecule has 1 heteroatoms. The molecule has 0 heterocycles. The summed E-state index contributed by atoms with van der Waals surface area (Å²) >= 11 is 0. The molecular weight excluding hydrogens is 52.0 g/mol. The second-order valence-corrected chi connectivity index (χ2v) is 0. The molecular formula is C3H7O. The molecule has 0 fully saturated rings. The molecule has 1 nitrogen and oxygen atoms in total. The lowest BCUT2D eigenvalue weighted by Gasteiger charge is -1.07. The molecule has 0 aliphatic rings. The molecule has 0 unspecified atom stereocenters. The van der Waals surface area contributed by atoms with Gasteiger partial charge in [-0.3, -0.25) is 4.79 Å². The number of hydrogen-bond donors (Lipinski definition) is 0. The van der Waals surface area contributed by atoms with Crippen LogP contribution in [0.4, 0.5) is 0 Å². The Balaban J connectivity index is 0. The summed E-state index contributed by atoms with van der Waals surface area (Å²) < 4.78 is 0. The zero-order valence-corrected chi connectivity index (χ0v) is 2.99. The maximum atomic E-state index is 7.75. The van der Waals surface area contributed by atoms with E-state index in [1.807, 2.05) is 13.8 Å². The molecule has 0 spiro atoms. The summed E-state index contributed by atoms with van der Waals surface area (Å²) in [5.74, 6) is 0. The minimum Gasteiger partial charge on any atom is -0.295 e. The van der Waals surface area contributed by atoms with Crippen molar-refractivity contribution in [2.24, 2.45) is 0 Å². The van der Waals surface area contributed by atoms with Gasteiger partial charge in [0.1, 0.15) is 0 Å². The third kappa shape index (κ3) is 6.88. The Hall–Kier alpha value is -0.330. The van der Waals surface area contributed by atoms with Crippen molar-refractivity contribution in [3.8, 4) is 0 Å². The molecule has 0 saturated heterocycles. The average Bonchev–Trinajstić information content (AvgIpc) is 1.50. The fraction of sp³-hybridized carbons (Fsp3) is 0.667. The molecule has 4 heavy (non-hydrogen) atoms. The van der Waals surface area contributed by atoms with E-state index in [9.17, 15) is 0 Å². The molecule has 0 amide bonds. The lowest BCUT2D eigenvalue weighted by molar-refractivity contribution is 0.574. The van der Waals surface area contributed by atoms with Gasteiger partial charge in [0.2, 0.25) is 0 Å². The zero-order chi connectivity index (χ0) is 4.00. The first-order valence-corrected chi connectivity index (χ1v) is 1.24. The lowest BCUT2D eigenvalue weighted by Crippen LogP contribution is -0.910. The molecule has 0 aromatic heterocycles. The topological polar surface area (TPSA) is 17.1 Å². The molecule has 25 valence electrons. The van der Waals surface area contributed by atoms with Gasteiger partial charge in [0.05, 0.1) is 0 Å². The first-order chi connectivity index (χ1) is 2.00. The van der Waals surface area contributed by atoms with E-state index in [-0.39, 0.29) is 0 Å². The smallest absolute Gasteiger partial charge is 0.182 e. The van der Waals surface area contributed by atoms with E-state index in [4.69, 9.17) is 4.79 Å². The van der Waals surface area contributed by atoms with Crippen LogP contribution in [0.5, 0.6) is 0 Å². The largest absolute Gasteiger partial charge is 0.295 e. The summed E-state index contributed by atoms with van der Waals surface area (Å²) in [5, 5.41) is 0. The highest BCUT2D eigenvalue weighted by molar-refractivity contribution is 5.12. The SMILES string of the molecule is CC.[CH]=O. The van der Waals surface area contributed by atoms with Crippen molar-refractivity contribution in [2.75, 3.05) is 0 Å². The monoisotopic (exact) mass is 59.0 g/mol. The fourth-order valence-electron chi connectivity index (χ4n) is 0. The Labute approximate surface area is 26.6 Å². The summed E-state index contributed by atoms with van der Waals surface area (Å²) in [6.45, 7) is 7.25. The van der Waals surface area contributed by atoms with Crippen molar-refractivity contribution < 1.29 is 4.79 Å². The quantitative estimate of drug-likeness (QED) is 0.376. The van der Waals surface area contributed by atoms with E-state index in [2.05, 4.69) is 6.79 Å². The summed E-state index contributed by atoms with van der Waals surface area (Å²) in [7, 11) is 0. The summed E-state index contributed by atoms with van der Waals surface area (Å²) in [6.07, 6.45) is 0.